The van der Waals surface area contributed by atoms with Crippen molar-refractivity contribution in [3.63, 3.8) is 0 Å². The minimum Gasteiger partial charge on any atom is -0.494 e. The highest BCUT2D eigenvalue weighted by Gasteiger charge is 2.12. The number of aromatic nitrogens is 1. The molecule has 2 rings (SSSR count). The van der Waals surface area contributed by atoms with Crippen LogP contribution in [0.5, 0.6) is 5.75 Å². The molecule has 1 aromatic carbocycles. The summed E-state index contributed by atoms with van der Waals surface area (Å²) in [6.45, 7) is 8.40. The highest BCUT2D eigenvalue weighted by atomic mass is 32.2. The van der Waals surface area contributed by atoms with E-state index in [4.69, 9.17) is 9.15 Å². The van der Waals surface area contributed by atoms with Gasteiger partial charge < -0.3 is 14.5 Å². The average Bonchev–Trinajstić information content (AvgIpc) is 2.89. The van der Waals surface area contributed by atoms with E-state index >= 15 is 0 Å². The molecule has 0 spiro atoms. The number of benzene rings is 1. The molecule has 0 unspecified atom stereocenters. The minimum absolute atomic E-state index is 0.0443. The van der Waals surface area contributed by atoms with Crippen LogP contribution in [0.25, 0.3) is 11.5 Å². The van der Waals surface area contributed by atoms with E-state index in [2.05, 4.69) is 10.3 Å². The zero-order valence-corrected chi connectivity index (χ0v) is 15.4. The van der Waals surface area contributed by atoms with Gasteiger partial charge in [-0.15, -0.1) is 11.8 Å². The fourth-order valence-electron chi connectivity index (χ4n) is 2.15. The summed E-state index contributed by atoms with van der Waals surface area (Å²) in [5.74, 6) is 3.33. The molecule has 0 aliphatic heterocycles. The summed E-state index contributed by atoms with van der Waals surface area (Å²) in [7, 11) is 0. The highest BCUT2D eigenvalue weighted by molar-refractivity contribution is 7.99. The average molecular weight is 348 g/mol. The van der Waals surface area contributed by atoms with Crippen LogP contribution in [0.3, 0.4) is 0 Å². The second-order valence-corrected chi connectivity index (χ2v) is 6.68. The third-order valence-electron chi connectivity index (χ3n) is 3.23. The molecule has 1 aromatic heterocycles. The van der Waals surface area contributed by atoms with Crippen molar-refractivity contribution < 1.29 is 13.9 Å². The molecule has 1 N–H and O–H groups in total. The molecule has 1 amide bonds. The van der Waals surface area contributed by atoms with Crippen molar-refractivity contribution in [3.05, 3.63) is 35.7 Å². The van der Waals surface area contributed by atoms with Gasteiger partial charge in [0.1, 0.15) is 11.5 Å². The summed E-state index contributed by atoms with van der Waals surface area (Å²) in [5.41, 5.74) is 1.79. The van der Waals surface area contributed by atoms with E-state index in [9.17, 15) is 4.79 Å². The maximum atomic E-state index is 11.7. The fraction of sp³-hybridized carbons (Fsp3) is 0.444. The molecule has 0 bridgehead atoms. The molecule has 24 heavy (non-hydrogen) atoms. The van der Waals surface area contributed by atoms with E-state index in [0.717, 1.165) is 22.8 Å². The number of oxazole rings is 1. The molecule has 1 heterocycles. The lowest BCUT2D eigenvalue weighted by Crippen LogP contribution is -2.31. The normalized spacial score (nSPS) is 10.9. The van der Waals surface area contributed by atoms with Crippen LogP contribution >= 0.6 is 11.8 Å². The van der Waals surface area contributed by atoms with Gasteiger partial charge in [-0.25, -0.2) is 4.98 Å². The molecule has 5 nitrogen and oxygen atoms in total. The van der Waals surface area contributed by atoms with Gasteiger partial charge in [0.15, 0.2) is 0 Å². The van der Waals surface area contributed by atoms with Gasteiger partial charge in [0.25, 0.3) is 0 Å². The molecule has 0 aliphatic rings. The molecule has 130 valence electrons. The van der Waals surface area contributed by atoms with Gasteiger partial charge >= 0.3 is 0 Å². The SMILES string of the molecule is CCOc1ccc(-c2nc(CSCC(=O)NC(C)C)c(C)o2)cc1. The van der Waals surface area contributed by atoms with Crippen molar-refractivity contribution in [2.24, 2.45) is 0 Å². The summed E-state index contributed by atoms with van der Waals surface area (Å²) < 4.78 is 11.2. The number of nitrogens with one attached hydrogen (secondary N) is 1. The quantitative estimate of drug-likeness (QED) is 0.786. The monoisotopic (exact) mass is 348 g/mol. The zero-order chi connectivity index (χ0) is 17.5. The Bertz CT molecular complexity index is 665. The van der Waals surface area contributed by atoms with Gasteiger partial charge in [-0.2, -0.15) is 0 Å². The Kier molecular flexibility index (Phi) is 6.73. The van der Waals surface area contributed by atoms with Crippen LogP contribution in [0, 0.1) is 6.92 Å². The summed E-state index contributed by atoms with van der Waals surface area (Å²) >= 11 is 1.53. The topological polar surface area (TPSA) is 64.4 Å². The molecule has 0 saturated heterocycles. The Morgan fingerprint density at radius 3 is 2.67 bits per heavy atom. The Labute approximate surface area is 147 Å². The van der Waals surface area contributed by atoms with E-state index in [0.29, 0.717) is 24.0 Å². The number of aryl methyl sites for hydroxylation is 1. The number of carbonyl (C=O) groups is 1. The maximum Gasteiger partial charge on any atom is 0.230 e. The number of rotatable bonds is 8. The van der Waals surface area contributed by atoms with Crippen molar-refractivity contribution in [2.75, 3.05) is 12.4 Å². The van der Waals surface area contributed by atoms with Crippen molar-refractivity contribution >= 4 is 17.7 Å². The molecule has 6 heteroatoms. The third kappa shape index (κ3) is 5.30. The van der Waals surface area contributed by atoms with Crippen LogP contribution in [0.15, 0.2) is 28.7 Å². The number of amides is 1. The van der Waals surface area contributed by atoms with Crippen LogP contribution in [-0.4, -0.2) is 29.3 Å². The second kappa shape index (κ2) is 8.78. The minimum atomic E-state index is 0.0443. The van der Waals surface area contributed by atoms with Crippen LogP contribution in [0.1, 0.15) is 32.2 Å². The maximum absolute atomic E-state index is 11.7. The molecule has 0 saturated carbocycles. The number of nitrogens with zero attached hydrogens (tertiary/aromatic N) is 1. The predicted molar refractivity (Wildman–Crippen MR) is 97.3 cm³/mol. The first-order chi connectivity index (χ1) is 11.5. The summed E-state index contributed by atoms with van der Waals surface area (Å²) in [6, 6.07) is 7.84. The van der Waals surface area contributed by atoms with Gasteiger partial charge in [0, 0.05) is 17.4 Å². The Morgan fingerprint density at radius 1 is 1.33 bits per heavy atom. The Hall–Kier alpha value is -1.95. The van der Waals surface area contributed by atoms with Gasteiger partial charge in [-0.1, -0.05) is 0 Å². The first-order valence-electron chi connectivity index (χ1n) is 8.06. The van der Waals surface area contributed by atoms with Crippen molar-refractivity contribution in [3.8, 4) is 17.2 Å². The van der Waals surface area contributed by atoms with Crippen LogP contribution in [0.4, 0.5) is 0 Å². The Balaban J connectivity index is 1.95. The van der Waals surface area contributed by atoms with Crippen LogP contribution in [-0.2, 0) is 10.5 Å². The summed E-state index contributed by atoms with van der Waals surface area (Å²) in [6.07, 6.45) is 0. The largest absolute Gasteiger partial charge is 0.494 e. The zero-order valence-electron chi connectivity index (χ0n) is 14.6. The Morgan fingerprint density at radius 2 is 2.04 bits per heavy atom. The van der Waals surface area contributed by atoms with Crippen molar-refractivity contribution in [1.29, 1.82) is 0 Å². The highest BCUT2D eigenvalue weighted by Crippen LogP contribution is 2.25. The summed E-state index contributed by atoms with van der Waals surface area (Å²) in [4.78, 5) is 16.2. The first-order valence-corrected chi connectivity index (χ1v) is 9.21. The smallest absolute Gasteiger partial charge is 0.230 e. The lowest BCUT2D eigenvalue weighted by atomic mass is 10.2. The number of hydrogen-bond acceptors (Lipinski definition) is 5. The van der Waals surface area contributed by atoms with Crippen molar-refractivity contribution in [2.45, 2.75) is 39.5 Å². The molecule has 0 atom stereocenters. The lowest BCUT2D eigenvalue weighted by molar-refractivity contribution is -0.119. The summed E-state index contributed by atoms with van der Waals surface area (Å²) in [5, 5.41) is 2.87. The number of carbonyl (C=O) groups excluding carboxylic acids is 1. The van der Waals surface area contributed by atoms with Gasteiger partial charge in [0.05, 0.1) is 18.1 Å². The van der Waals surface area contributed by atoms with Crippen molar-refractivity contribution in [1.82, 2.24) is 10.3 Å². The van der Waals surface area contributed by atoms with Gasteiger partial charge in [0.2, 0.25) is 11.8 Å². The first kappa shape index (κ1) is 18.4. The molecular weight excluding hydrogens is 324 g/mol. The number of hydrogen-bond donors (Lipinski definition) is 1. The van der Waals surface area contributed by atoms with E-state index in [1.54, 1.807) is 0 Å². The molecule has 2 aromatic rings. The molecular formula is C18H24N2O3S. The van der Waals surface area contributed by atoms with E-state index < -0.39 is 0 Å². The standard InChI is InChI=1S/C18H24N2O3S/c1-5-22-15-8-6-14(7-9-15)18-20-16(13(4)23-18)10-24-11-17(21)19-12(2)3/h6-9,12H,5,10-11H2,1-4H3,(H,19,21). The van der Waals surface area contributed by atoms with Crippen LogP contribution < -0.4 is 10.1 Å². The number of thioether (sulfide) groups is 1. The second-order valence-electron chi connectivity index (χ2n) is 5.69. The molecule has 0 radical (unpaired) electrons. The van der Waals surface area contributed by atoms with Gasteiger partial charge in [-0.05, 0) is 52.0 Å². The number of ether oxygens (including phenoxy) is 1. The van der Waals surface area contributed by atoms with E-state index in [1.165, 1.54) is 11.8 Å². The van der Waals surface area contributed by atoms with E-state index in [1.807, 2.05) is 52.0 Å². The van der Waals surface area contributed by atoms with Gasteiger partial charge in [-0.3, -0.25) is 4.79 Å². The van der Waals surface area contributed by atoms with E-state index in [-0.39, 0.29) is 11.9 Å². The third-order valence-corrected chi connectivity index (χ3v) is 4.17. The molecule has 0 fully saturated rings. The van der Waals surface area contributed by atoms with Crippen LogP contribution in [0.2, 0.25) is 0 Å². The lowest BCUT2D eigenvalue weighted by Gasteiger charge is -2.07. The molecule has 0 aliphatic carbocycles. The predicted octanol–water partition coefficient (Wildman–Crippen LogP) is 3.81. The fourth-order valence-corrected chi connectivity index (χ4v) is 2.98.